The van der Waals surface area contributed by atoms with Gasteiger partial charge in [-0.05, 0) is 43.3 Å². The quantitative estimate of drug-likeness (QED) is 0.635. The van der Waals surface area contributed by atoms with Crippen LogP contribution in [0.3, 0.4) is 0 Å². The van der Waals surface area contributed by atoms with Gasteiger partial charge in [0.25, 0.3) is 0 Å². The highest BCUT2D eigenvalue weighted by Gasteiger charge is 2.17. The van der Waals surface area contributed by atoms with E-state index >= 15 is 0 Å². The molecular formula is C18H18O7. The molecule has 0 aliphatic rings. The Morgan fingerprint density at radius 1 is 0.880 bits per heavy atom. The maximum atomic E-state index is 12.3. The van der Waals surface area contributed by atoms with Gasteiger partial charge in [0.05, 0.1) is 32.0 Å². The van der Waals surface area contributed by atoms with E-state index in [1.165, 1.54) is 50.6 Å². The highest BCUT2D eigenvalue weighted by atomic mass is 16.6. The maximum absolute atomic E-state index is 12.3. The number of hydrogen-bond acceptors (Lipinski definition) is 7. The van der Waals surface area contributed by atoms with Crippen molar-refractivity contribution < 1.29 is 33.6 Å². The van der Waals surface area contributed by atoms with Crippen LogP contribution >= 0.6 is 0 Å². The van der Waals surface area contributed by atoms with Crippen molar-refractivity contribution in [1.29, 1.82) is 0 Å². The molecule has 0 fully saturated rings. The molecule has 0 heterocycles. The minimum absolute atomic E-state index is 0.0876. The van der Waals surface area contributed by atoms with Gasteiger partial charge in [-0.1, -0.05) is 0 Å². The van der Waals surface area contributed by atoms with Gasteiger partial charge in [0, 0.05) is 0 Å². The third-order valence-electron chi connectivity index (χ3n) is 3.29. The van der Waals surface area contributed by atoms with E-state index in [9.17, 15) is 14.7 Å². The third-order valence-corrected chi connectivity index (χ3v) is 3.29. The second-order valence-corrected chi connectivity index (χ2v) is 4.86. The highest BCUT2D eigenvalue weighted by molar-refractivity contribution is 5.93. The lowest BCUT2D eigenvalue weighted by Gasteiger charge is -2.11. The Balaban J connectivity index is 2.24. The molecule has 0 spiro atoms. The molecule has 1 N–H and O–H groups in total. The molecule has 2 aromatic rings. The monoisotopic (exact) mass is 346 g/mol. The summed E-state index contributed by atoms with van der Waals surface area (Å²) in [6.07, 6.45) is 0. The second-order valence-electron chi connectivity index (χ2n) is 4.86. The van der Waals surface area contributed by atoms with Gasteiger partial charge in [0.1, 0.15) is 0 Å². The molecule has 0 amide bonds. The summed E-state index contributed by atoms with van der Waals surface area (Å²) in [5.74, 6) is -0.742. The lowest BCUT2D eigenvalue weighted by atomic mass is 10.2. The fourth-order valence-electron chi connectivity index (χ4n) is 2.06. The van der Waals surface area contributed by atoms with Gasteiger partial charge < -0.3 is 24.1 Å². The number of phenolic OH excluding ortho intramolecular Hbond substituents is 1. The van der Waals surface area contributed by atoms with Crippen LogP contribution in [0.15, 0.2) is 36.4 Å². The normalized spacial score (nSPS) is 10.0. The summed E-state index contributed by atoms with van der Waals surface area (Å²) in [6, 6.07) is 8.44. The fourth-order valence-corrected chi connectivity index (χ4v) is 2.06. The minimum Gasteiger partial charge on any atom is -0.504 e. The van der Waals surface area contributed by atoms with E-state index in [0.29, 0.717) is 0 Å². The molecule has 0 atom stereocenters. The molecule has 2 aromatic carbocycles. The van der Waals surface area contributed by atoms with Crippen LogP contribution in [0.1, 0.15) is 27.6 Å². The number of methoxy groups -OCH3 is 2. The van der Waals surface area contributed by atoms with Gasteiger partial charge in [0.2, 0.25) is 0 Å². The van der Waals surface area contributed by atoms with Crippen LogP contribution in [0.2, 0.25) is 0 Å². The first-order chi connectivity index (χ1) is 12.0. The molecule has 25 heavy (non-hydrogen) atoms. The molecule has 0 aromatic heterocycles. The fraction of sp³-hybridized carbons (Fsp3) is 0.222. The molecular weight excluding hydrogens is 328 g/mol. The van der Waals surface area contributed by atoms with Gasteiger partial charge in [-0.15, -0.1) is 0 Å². The zero-order chi connectivity index (χ0) is 18.4. The molecule has 0 unspecified atom stereocenters. The van der Waals surface area contributed by atoms with Crippen molar-refractivity contribution in [3.05, 3.63) is 47.5 Å². The number of phenols is 1. The summed E-state index contributed by atoms with van der Waals surface area (Å²) in [4.78, 5) is 24.0. The Morgan fingerprint density at radius 3 is 2.12 bits per heavy atom. The van der Waals surface area contributed by atoms with E-state index in [1.54, 1.807) is 6.92 Å². The van der Waals surface area contributed by atoms with E-state index < -0.39 is 11.9 Å². The number of rotatable bonds is 6. The Hall–Kier alpha value is -3.22. The number of ether oxygens (including phenoxy) is 4. The van der Waals surface area contributed by atoms with Gasteiger partial charge in [-0.3, -0.25) is 0 Å². The predicted octanol–water partition coefficient (Wildman–Crippen LogP) is 2.81. The van der Waals surface area contributed by atoms with E-state index in [2.05, 4.69) is 0 Å². The molecule has 0 aliphatic carbocycles. The van der Waals surface area contributed by atoms with Crippen LogP contribution in [-0.4, -0.2) is 37.9 Å². The Bertz CT molecular complexity index is 783. The van der Waals surface area contributed by atoms with Crippen molar-refractivity contribution in [2.24, 2.45) is 0 Å². The lowest BCUT2D eigenvalue weighted by molar-refractivity contribution is 0.0526. The zero-order valence-electron chi connectivity index (χ0n) is 14.1. The molecule has 7 nitrogen and oxygen atoms in total. The number of carbonyl (C=O) groups is 2. The second kappa shape index (κ2) is 8.05. The molecule has 0 saturated heterocycles. The molecule has 0 bridgehead atoms. The summed E-state index contributed by atoms with van der Waals surface area (Å²) in [6.45, 7) is 1.96. The van der Waals surface area contributed by atoms with Crippen molar-refractivity contribution in [2.45, 2.75) is 6.92 Å². The predicted molar refractivity (Wildman–Crippen MR) is 88.6 cm³/mol. The molecule has 0 aliphatic heterocycles. The van der Waals surface area contributed by atoms with Gasteiger partial charge >= 0.3 is 11.9 Å². The molecule has 132 valence electrons. The van der Waals surface area contributed by atoms with Crippen molar-refractivity contribution in [1.82, 2.24) is 0 Å². The van der Waals surface area contributed by atoms with E-state index in [0.717, 1.165) is 0 Å². The molecule has 2 rings (SSSR count). The van der Waals surface area contributed by atoms with E-state index in [-0.39, 0.29) is 40.7 Å². The average molecular weight is 346 g/mol. The van der Waals surface area contributed by atoms with E-state index in [1.807, 2.05) is 0 Å². The lowest BCUT2D eigenvalue weighted by Crippen LogP contribution is -2.10. The Kier molecular flexibility index (Phi) is 5.84. The van der Waals surface area contributed by atoms with Crippen molar-refractivity contribution in [2.75, 3.05) is 20.8 Å². The van der Waals surface area contributed by atoms with Crippen LogP contribution in [0.4, 0.5) is 0 Å². The van der Waals surface area contributed by atoms with Crippen molar-refractivity contribution >= 4 is 11.9 Å². The number of hydrogen-bond donors (Lipinski definition) is 1. The molecule has 0 radical (unpaired) electrons. The summed E-state index contributed by atoms with van der Waals surface area (Å²) < 4.78 is 20.3. The van der Waals surface area contributed by atoms with Crippen LogP contribution in [0, 0.1) is 0 Å². The molecule has 0 saturated carbocycles. The summed E-state index contributed by atoms with van der Waals surface area (Å²) >= 11 is 0. The van der Waals surface area contributed by atoms with Gasteiger partial charge in [0.15, 0.2) is 23.0 Å². The first kappa shape index (κ1) is 18.1. The number of carbonyl (C=O) groups excluding carboxylic acids is 2. The van der Waals surface area contributed by atoms with E-state index in [4.69, 9.17) is 18.9 Å². The summed E-state index contributed by atoms with van der Waals surface area (Å²) in [7, 11) is 2.77. The Labute approximate surface area is 144 Å². The number of esters is 2. The largest absolute Gasteiger partial charge is 0.504 e. The molecule has 7 heteroatoms. The maximum Gasteiger partial charge on any atom is 0.343 e. The highest BCUT2D eigenvalue weighted by Crippen LogP contribution is 2.31. The van der Waals surface area contributed by atoms with Crippen molar-refractivity contribution in [3.8, 4) is 23.0 Å². The average Bonchev–Trinajstić information content (AvgIpc) is 2.62. The van der Waals surface area contributed by atoms with Crippen LogP contribution in [0.25, 0.3) is 0 Å². The minimum atomic E-state index is -0.666. The topological polar surface area (TPSA) is 91.3 Å². The standard InChI is InChI=1S/C18H18O7/c1-4-24-17(20)11-6-8-14(16(10-11)23-3)25-18(21)12-5-7-13(19)15(9-12)22-2/h5-10,19H,4H2,1-3H3. The Morgan fingerprint density at radius 2 is 1.48 bits per heavy atom. The summed E-state index contributed by atoms with van der Waals surface area (Å²) in [5, 5.41) is 9.57. The zero-order valence-corrected chi connectivity index (χ0v) is 14.1. The third kappa shape index (κ3) is 4.20. The smallest absolute Gasteiger partial charge is 0.343 e. The first-order valence-electron chi connectivity index (χ1n) is 7.44. The van der Waals surface area contributed by atoms with Crippen LogP contribution in [-0.2, 0) is 4.74 Å². The van der Waals surface area contributed by atoms with Crippen molar-refractivity contribution in [3.63, 3.8) is 0 Å². The first-order valence-corrected chi connectivity index (χ1v) is 7.44. The van der Waals surface area contributed by atoms with Gasteiger partial charge in [-0.25, -0.2) is 9.59 Å². The van der Waals surface area contributed by atoms with Crippen LogP contribution < -0.4 is 14.2 Å². The van der Waals surface area contributed by atoms with Gasteiger partial charge in [-0.2, -0.15) is 0 Å². The summed E-state index contributed by atoms with van der Waals surface area (Å²) in [5.41, 5.74) is 0.468. The SMILES string of the molecule is CCOC(=O)c1ccc(OC(=O)c2ccc(O)c(OC)c2)c(OC)c1. The van der Waals surface area contributed by atoms with Crippen LogP contribution in [0.5, 0.6) is 23.0 Å². The number of benzene rings is 2. The number of aromatic hydroxyl groups is 1.